The van der Waals surface area contributed by atoms with E-state index in [-0.39, 0.29) is 18.5 Å². The second-order valence-corrected chi connectivity index (χ2v) is 7.31. The van der Waals surface area contributed by atoms with Gasteiger partial charge in [-0.05, 0) is 48.1 Å². The standard InChI is InChI=1S/C20H19N3O3S/c24-19(18-5-2-13-27-18)22-11-1-4-17(22)20(25)26-14-15-6-8-16(9-7-15)23-12-3-10-21-23/h2-3,5-10,12-13,17H,1,4,11,14H2/t17-/m0/s1. The number of thiophene rings is 1. The largest absolute Gasteiger partial charge is 0.459 e. The van der Waals surface area contributed by atoms with E-state index < -0.39 is 6.04 Å². The molecule has 1 aromatic carbocycles. The number of ether oxygens (including phenoxy) is 1. The fourth-order valence-corrected chi connectivity index (χ4v) is 3.89. The first kappa shape index (κ1) is 17.5. The topological polar surface area (TPSA) is 64.4 Å². The summed E-state index contributed by atoms with van der Waals surface area (Å²) in [6.45, 7) is 0.783. The monoisotopic (exact) mass is 381 g/mol. The van der Waals surface area contributed by atoms with Crippen LogP contribution in [0.4, 0.5) is 0 Å². The Morgan fingerprint density at radius 2 is 2.04 bits per heavy atom. The van der Waals surface area contributed by atoms with Gasteiger partial charge >= 0.3 is 5.97 Å². The van der Waals surface area contributed by atoms with E-state index in [2.05, 4.69) is 5.10 Å². The van der Waals surface area contributed by atoms with Gasteiger partial charge in [-0.25, -0.2) is 9.48 Å². The molecule has 0 unspecified atom stereocenters. The Bertz CT molecular complexity index is 905. The van der Waals surface area contributed by atoms with Crippen LogP contribution in [0.1, 0.15) is 28.1 Å². The van der Waals surface area contributed by atoms with Crippen LogP contribution in [-0.2, 0) is 16.1 Å². The summed E-state index contributed by atoms with van der Waals surface area (Å²) >= 11 is 1.39. The maximum absolute atomic E-state index is 12.6. The molecule has 1 amide bonds. The Kier molecular flexibility index (Phi) is 5.02. The first-order valence-corrected chi connectivity index (χ1v) is 9.70. The van der Waals surface area contributed by atoms with Crippen molar-refractivity contribution in [2.24, 2.45) is 0 Å². The van der Waals surface area contributed by atoms with E-state index in [9.17, 15) is 9.59 Å². The second-order valence-electron chi connectivity index (χ2n) is 6.36. The molecule has 0 bridgehead atoms. The molecule has 0 saturated carbocycles. The fourth-order valence-electron chi connectivity index (χ4n) is 3.21. The number of hydrogen-bond acceptors (Lipinski definition) is 5. The smallest absolute Gasteiger partial charge is 0.329 e. The van der Waals surface area contributed by atoms with Gasteiger partial charge in [0, 0.05) is 18.9 Å². The molecule has 1 saturated heterocycles. The molecule has 27 heavy (non-hydrogen) atoms. The molecule has 0 spiro atoms. The molecule has 1 aliphatic rings. The SMILES string of the molecule is O=C(OCc1ccc(-n2cccn2)cc1)[C@@H]1CCCN1C(=O)c1cccs1. The van der Waals surface area contributed by atoms with Gasteiger partial charge in [-0.2, -0.15) is 5.10 Å². The van der Waals surface area contributed by atoms with Crippen LogP contribution in [0.5, 0.6) is 0 Å². The molecule has 3 aromatic rings. The highest BCUT2D eigenvalue weighted by Gasteiger charge is 2.35. The Morgan fingerprint density at radius 1 is 1.19 bits per heavy atom. The Labute approximate surface area is 161 Å². The van der Waals surface area contributed by atoms with Crippen LogP contribution >= 0.6 is 11.3 Å². The Balaban J connectivity index is 1.36. The number of carbonyl (C=O) groups excluding carboxylic acids is 2. The van der Waals surface area contributed by atoms with Crippen molar-refractivity contribution in [1.29, 1.82) is 0 Å². The minimum atomic E-state index is -0.497. The zero-order valence-corrected chi connectivity index (χ0v) is 15.5. The van der Waals surface area contributed by atoms with Crippen molar-refractivity contribution in [3.05, 3.63) is 70.7 Å². The number of carbonyl (C=O) groups is 2. The molecule has 1 fully saturated rings. The zero-order valence-electron chi connectivity index (χ0n) is 14.7. The van der Waals surface area contributed by atoms with E-state index >= 15 is 0 Å². The number of amides is 1. The molecule has 6 nitrogen and oxygen atoms in total. The molecule has 0 aliphatic carbocycles. The fraction of sp³-hybridized carbons (Fsp3) is 0.250. The molecule has 0 radical (unpaired) electrons. The van der Waals surface area contributed by atoms with Crippen LogP contribution < -0.4 is 0 Å². The highest BCUT2D eigenvalue weighted by atomic mass is 32.1. The third-order valence-corrected chi connectivity index (χ3v) is 5.46. The molecule has 7 heteroatoms. The van der Waals surface area contributed by atoms with Crippen molar-refractivity contribution in [2.45, 2.75) is 25.5 Å². The number of hydrogen-bond donors (Lipinski definition) is 0. The Morgan fingerprint density at radius 3 is 2.74 bits per heavy atom. The summed E-state index contributed by atoms with van der Waals surface area (Å²) in [5, 5.41) is 6.05. The van der Waals surface area contributed by atoms with Crippen LogP contribution in [-0.4, -0.2) is 39.1 Å². The number of nitrogens with zero attached hydrogens (tertiary/aromatic N) is 3. The minimum Gasteiger partial charge on any atom is -0.459 e. The summed E-state index contributed by atoms with van der Waals surface area (Å²) in [7, 11) is 0. The Hall–Kier alpha value is -2.93. The number of aromatic nitrogens is 2. The van der Waals surface area contributed by atoms with Gasteiger partial charge < -0.3 is 9.64 Å². The highest BCUT2D eigenvalue weighted by molar-refractivity contribution is 7.12. The van der Waals surface area contributed by atoms with Crippen LogP contribution in [0.3, 0.4) is 0 Å². The van der Waals surface area contributed by atoms with E-state index in [0.717, 1.165) is 17.7 Å². The summed E-state index contributed by atoms with van der Waals surface area (Å²) in [5.74, 6) is -0.429. The number of benzene rings is 1. The average molecular weight is 381 g/mol. The third-order valence-electron chi connectivity index (χ3n) is 4.60. The van der Waals surface area contributed by atoms with Gasteiger partial charge in [0.15, 0.2) is 0 Å². The second kappa shape index (κ2) is 7.75. The first-order chi connectivity index (χ1) is 13.2. The molecule has 4 rings (SSSR count). The average Bonchev–Trinajstić information content (AvgIpc) is 3.47. The quantitative estimate of drug-likeness (QED) is 0.636. The highest BCUT2D eigenvalue weighted by Crippen LogP contribution is 2.23. The normalized spacial score (nSPS) is 16.4. The van der Waals surface area contributed by atoms with Gasteiger partial charge in [-0.15, -0.1) is 11.3 Å². The van der Waals surface area contributed by atoms with E-state index in [1.807, 2.05) is 48.0 Å². The van der Waals surface area contributed by atoms with Gasteiger partial charge in [0.25, 0.3) is 5.91 Å². The first-order valence-electron chi connectivity index (χ1n) is 8.82. The minimum absolute atomic E-state index is 0.0898. The van der Waals surface area contributed by atoms with Crippen molar-refractivity contribution in [3.8, 4) is 5.69 Å². The molecular formula is C20H19N3O3S. The zero-order chi connectivity index (χ0) is 18.6. The number of rotatable bonds is 5. The molecule has 138 valence electrons. The van der Waals surface area contributed by atoms with Gasteiger partial charge in [-0.3, -0.25) is 4.79 Å². The van der Waals surface area contributed by atoms with Crippen molar-refractivity contribution >= 4 is 23.2 Å². The third kappa shape index (κ3) is 3.78. The maximum Gasteiger partial charge on any atom is 0.329 e. The summed E-state index contributed by atoms with van der Waals surface area (Å²) in [4.78, 5) is 27.4. The van der Waals surface area contributed by atoms with Crippen molar-refractivity contribution in [1.82, 2.24) is 14.7 Å². The predicted octanol–water partition coefficient (Wildman–Crippen LogP) is 3.28. The van der Waals surface area contributed by atoms with Crippen LogP contribution in [0.2, 0.25) is 0 Å². The van der Waals surface area contributed by atoms with Crippen molar-refractivity contribution in [3.63, 3.8) is 0 Å². The van der Waals surface area contributed by atoms with E-state index in [1.165, 1.54) is 11.3 Å². The van der Waals surface area contributed by atoms with Crippen molar-refractivity contribution < 1.29 is 14.3 Å². The maximum atomic E-state index is 12.6. The number of likely N-dealkylation sites (tertiary alicyclic amines) is 1. The van der Waals surface area contributed by atoms with E-state index in [1.54, 1.807) is 21.8 Å². The lowest BCUT2D eigenvalue weighted by Crippen LogP contribution is -2.41. The lowest BCUT2D eigenvalue weighted by Gasteiger charge is -2.22. The lowest BCUT2D eigenvalue weighted by atomic mass is 10.2. The molecule has 2 aromatic heterocycles. The van der Waals surface area contributed by atoms with Crippen molar-refractivity contribution in [2.75, 3.05) is 6.54 Å². The molecule has 1 atom stereocenters. The van der Waals surface area contributed by atoms with Gasteiger partial charge in [-0.1, -0.05) is 18.2 Å². The summed E-state index contributed by atoms with van der Waals surface area (Å²) in [6.07, 6.45) is 5.05. The molecular weight excluding hydrogens is 362 g/mol. The summed E-state index contributed by atoms with van der Waals surface area (Å²) in [5.41, 5.74) is 1.84. The van der Waals surface area contributed by atoms with Gasteiger partial charge in [0.2, 0.25) is 0 Å². The summed E-state index contributed by atoms with van der Waals surface area (Å²) < 4.78 is 7.25. The van der Waals surface area contributed by atoms with E-state index in [4.69, 9.17) is 4.74 Å². The van der Waals surface area contributed by atoms with Gasteiger partial charge in [0.1, 0.15) is 12.6 Å². The van der Waals surface area contributed by atoms with E-state index in [0.29, 0.717) is 17.8 Å². The predicted molar refractivity (Wildman–Crippen MR) is 102 cm³/mol. The van der Waals surface area contributed by atoms with Gasteiger partial charge in [0.05, 0.1) is 10.6 Å². The van der Waals surface area contributed by atoms with Crippen LogP contribution in [0.25, 0.3) is 5.69 Å². The van der Waals surface area contributed by atoms with Crippen LogP contribution in [0, 0.1) is 0 Å². The molecule has 1 aliphatic heterocycles. The molecule has 0 N–H and O–H groups in total. The number of esters is 1. The molecule has 3 heterocycles. The summed E-state index contributed by atoms with van der Waals surface area (Å²) in [6, 6.07) is 12.7. The lowest BCUT2D eigenvalue weighted by molar-refractivity contribution is -0.149. The van der Waals surface area contributed by atoms with Crippen LogP contribution in [0.15, 0.2) is 60.2 Å².